The molecule has 3 nitrogen and oxygen atoms in total. The zero-order valence-corrected chi connectivity index (χ0v) is 6.25. The van der Waals surface area contributed by atoms with Crippen molar-refractivity contribution in [1.82, 2.24) is 0 Å². The second-order valence-electron chi connectivity index (χ2n) is 3.16. The SMILES string of the molecule is CC(CC[N+](=O)[O-])C1CC1. The molecule has 1 atom stereocenters. The zero-order valence-electron chi connectivity index (χ0n) is 6.25. The second-order valence-corrected chi connectivity index (χ2v) is 3.16. The van der Waals surface area contributed by atoms with E-state index in [1.54, 1.807) is 0 Å². The van der Waals surface area contributed by atoms with Gasteiger partial charge >= 0.3 is 0 Å². The fraction of sp³-hybridized carbons (Fsp3) is 1.00. The van der Waals surface area contributed by atoms with Gasteiger partial charge in [0, 0.05) is 11.3 Å². The summed E-state index contributed by atoms with van der Waals surface area (Å²) >= 11 is 0. The Bertz CT molecular complexity index is 132. The van der Waals surface area contributed by atoms with Gasteiger partial charge in [-0.05, 0) is 24.7 Å². The number of hydrogen-bond acceptors (Lipinski definition) is 2. The molecule has 1 unspecified atom stereocenters. The molecule has 3 heteroatoms. The van der Waals surface area contributed by atoms with Crippen LogP contribution in [0.4, 0.5) is 0 Å². The van der Waals surface area contributed by atoms with Gasteiger partial charge in [-0.2, -0.15) is 0 Å². The molecule has 1 rings (SSSR count). The highest BCUT2D eigenvalue weighted by molar-refractivity contribution is 4.78. The van der Waals surface area contributed by atoms with E-state index < -0.39 is 0 Å². The molecule has 58 valence electrons. The lowest BCUT2D eigenvalue weighted by molar-refractivity contribution is -0.481. The topological polar surface area (TPSA) is 43.1 Å². The summed E-state index contributed by atoms with van der Waals surface area (Å²) < 4.78 is 0. The Kier molecular flexibility index (Phi) is 2.25. The van der Waals surface area contributed by atoms with Crippen molar-refractivity contribution in [3.63, 3.8) is 0 Å². The van der Waals surface area contributed by atoms with Gasteiger partial charge < -0.3 is 0 Å². The number of nitro groups is 1. The Balaban J connectivity index is 2.05. The summed E-state index contributed by atoms with van der Waals surface area (Å²) in [6.07, 6.45) is 3.34. The van der Waals surface area contributed by atoms with Gasteiger partial charge in [-0.25, -0.2) is 0 Å². The highest BCUT2D eigenvalue weighted by Crippen LogP contribution is 2.37. The van der Waals surface area contributed by atoms with E-state index >= 15 is 0 Å². The Hall–Kier alpha value is -0.600. The summed E-state index contributed by atoms with van der Waals surface area (Å²) in [5.41, 5.74) is 0. The van der Waals surface area contributed by atoms with E-state index in [2.05, 4.69) is 6.92 Å². The summed E-state index contributed by atoms with van der Waals surface area (Å²) in [6.45, 7) is 2.26. The summed E-state index contributed by atoms with van der Waals surface area (Å²) in [5.74, 6) is 1.38. The lowest BCUT2D eigenvalue weighted by Crippen LogP contribution is -2.07. The van der Waals surface area contributed by atoms with Crippen LogP contribution in [0.25, 0.3) is 0 Å². The second kappa shape index (κ2) is 2.99. The molecule has 1 saturated carbocycles. The molecule has 0 saturated heterocycles. The van der Waals surface area contributed by atoms with Gasteiger partial charge in [-0.15, -0.1) is 0 Å². The molecule has 0 aromatic rings. The van der Waals surface area contributed by atoms with Crippen LogP contribution < -0.4 is 0 Å². The molecule has 0 aliphatic heterocycles. The minimum atomic E-state index is -0.223. The van der Waals surface area contributed by atoms with E-state index in [1.165, 1.54) is 12.8 Å². The van der Waals surface area contributed by atoms with Gasteiger partial charge in [-0.3, -0.25) is 10.1 Å². The maximum Gasteiger partial charge on any atom is 0.204 e. The molecule has 10 heavy (non-hydrogen) atoms. The molecule has 0 spiro atoms. The van der Waals surface area contributed by atoms with Crippen molar-refractivity contribution in [3.8, 4) is 0 Å². The lowest BCUT2D eigenvalue weighted by atomic mass is 10.0. The average Bonchev–Trinajstić information content (AvgIpc) is 2.63. The van der Waals surface area contributed by atoms with E-state index in [-0.39, 0.29) is 11.5 Å². The first-order valence-electron chi connectivity index (χ1n) is 3.82. The van der Waals surface area contributed by atoms with Crippen LogP contribution in [0.2, 0.25) is 0 Å². The zero-order chi connectivity index (χ0) is 7.56. The lowest BCUT2D eigenvalue weighted by Gasteiger charge is -2.04. The molecule has 0 aromatic heterocycles. The predicted molar refractivity (Wildman–Crippen MR) is 38.4 cm³/mol. The van der Waals surface area contributed by atoms with Crippen molar-refractivity contribution in [2.45, 2.75) is 26.2 Å². The average molecular weight is 143 g/mol. The predicted octanol–water partition coefficient (Wildman–Crippen LogP) is 1.70. The van der Waals surface area contributed by atoms with E-state index in [0.717, 1.165) is 12.3 Å². The Morgan fingerprint density at radius 2 is 2.30 bits per heavy atom. The first-order valence-corrected chi connectivity index (χ1v) is 3.82. The van der Waals surface area contributed by atoms with Gasteiger partial charge in [0.2, 0.25) is 6.54 Å². The highest BCUT2D eigenvalue weighted by Gasteiger charge is 2.28. The van der Waals surface area contributed by atoms with Crippen molar-refractivity contribution >= 4 is 0 Å². The molecule has 0 N–H and O–H groups in total. The third-order valence-electron chi connectivity index (χ3n) is 2.19. The monoisotopic (exact) mass is 143 g/mol. The minimum Gasteiger partial charge on any atom is -0.265 e. The summed E-state index contributed by atoms with van der Waals surface area (Å²) in [7, 11) is 0. The Morgan fingerprint density at radius 1 is 1.70 bits per heavy atom. The quantitative estimate of drug-likeness (QED) is 0.444. The molecule has 1 aliphatic carbocycles. The number of nitrogens with zero attached hydrogens (tertiary/aromatic N) is 1. The fourth-order valence-electron chi connectivity index (χ4n) is 1.21. The first kappa shape index (κ1) is 7.51. The highest BCUT2D eigenvalue weighted by atomic mass is 16.6. The van der Waals surface area contributed by atoms with Crippen LogP contribution in [0.3, 0.4) is 0 Å². The maximum atomic E-state index is 9.95. The molecule has 0 amide bonds. The summed E-state index contributed by atoms with van der Waals surface area (Å²) in [6, 6.07) is 0. The first-order chi connectivity index (χ1) is 4.70. The van der Waals surface area contributed by atoms with Crippen LogP contribution in [-0.2, 0) is 0 Å². The third-order valence-corrected chi connectivity index (χ3v) is 2.19. The Morgan fingerprint density at radius 3 is 2.70 bits per heavy atom. The van der Waals surface area contributed by atoms with Crippen LogP contribution in [0.15, 0.2) is 0 Å². The van der Waals surface area contributed by atoms with Gasteiger partial charge in [0.15, 0.2) is 0 Å². The largest absolute Gasteiger partial charge is 0.265 e. The molecule has 0 radical (unpaired) electrons. The molecular weight excluding hydrogens is 130 g/mol. The van der Waals surface area contributed by atoms with Crippen molar-refractivity contribution < 1.29 is 4.92 Å². The summed E-state index contributed by atoms with van der Waals surface area (Å²) in [4.78, 5) is 9.73. The number of hydrogen-bond donors (Lipinski definition) is 0. The van der Waals surface area contributed by atoms with Gasteiger partial charge in [0.1, 0.15) is 0 Å². The molecule has 1 fully saturated rings. The van der Waals surface area contributed by atoms with Crippen molar-refractivity contribution in [2.24, 2.45) is 11.8 Å². The van der Waals surface area contributed by atoms with Crippen LogP contribution in [0.1, 0.15) is 26.2 Å². The normalized spacial score (nSPS) is 20.5. The van der Waals surface area contributed by atoms with Crippen LogP contribution in [-0.4, -0.2) is 11.5 Å². The Labute approximate surface area is 60.6 Å². The maximum absolute atomic E-state index is 9.95. The van der Waals surface area contributed by atoms with Crippen LogP contribution in [0.5, 0.6) is 0 Å². The van der Waals surface area contributed by atoms with Gasteiger partial charge in [0.25, 0.3) is 0 Å². The molecule has 0 aromatic carbocycles. The molecular formula is C7H13NO2. The van der Waals surface area contributed by atoms with E-state index in [9.17, 15) is 10.1 Å². The summed E-state index contributed by atoms with van der Waals surface area (Å²) in [5, 5.41) is 9.95. The van der Waals surface area contributed by atoms with Crippen molar-refractivity contribution in [2.75, 3.05) is 6.54 Å². The molecule has 0 heterocycles. The van der Waals surface area contributed by atoms with Crippen LogP contribution >= 0.6 is 0 Å². The van der Waals surface area contributed by atoms with E-state index in [4.69, 9.17) is 0 Å². The fourth-order valence-corrected chi connectivity index (χ4v) is 1.21. The minimum absolute atomic E-state index is 0.150. The van der Waals surface area contributed by atoms with Crippen molar-refractivity contribution in [3.05, 3.63) is 10.1 Å². The van der Waals surface area contributed by atoms with Gasteiger partial charge in [-0.1, -0.05) is 6.92 Å². The molecule has 1 aliphatic rings. The third kappa shape index (κ3) is 2.33. The molecule has 0 bridgehead atoms. The van der Waals surface area contributed by atoms with Crippen LogP contribution in [0, 0.1) is 22.0 Å². The van der Waals surface area contributed by atoms with E-state index in [1.807, 2.05) is 0 Å². The van der Waals surface area contributed by atoms with E-state index in [0.29, 0.717) is 5.92 Å². The van der Waals surface area contributed by atoms with Crippen molar-refractivity contribution in [1.29, 1.82) is 0 Å². The van der Waals surface area contributed by atoms with Gasteiger partial charge in [0.05, 0.1) is 0 Å². The number of rotatable bonds is 4. The smallest absolute Gasteiger partial charge is 0.204 e. The standard InChI is InChI=1S/C7H13NO2/c1-6(7-2-3-7)4-5-8(9)10/h6-7H,2-5H2,1H3.